The Morgan fingerprint density at radius 2 is 1.81 bits per heavy atom. The predicted octanol–water partition coefficient (Wildman–Crippen LogP) is 5.46. The van der Waals surface area contributed by atoms with E-state index in [-0.39, 0.29) is 0 Å². The first-order valence-corrected chi connectivity index (χ1v) is 11.6. The molecule has 31 heavy (non-hydrogen) atoms. The Labute approximate surface area is 185 Å². The van der Waals surface area contributed by atoms with Crippen LogP contribution in [0.5, 0.6) is 5.75 Å². The van der Waals surface area contributed by atoms with Gasteiger partial charge >= 0.3 is 0 Å². The van der Waals surface area contributed by atoms with Gasteiger partial charge in [-0.05, 0) is 47.6 Å². The molecule has 5 nitrogen and oxygen atoms in total. The summed E-state index contributed by atoms with van der Waals surface area (Å²) in [6.07, 6.45) is 5.73. The van der Waals surface area contributed by atoms with Crippen LogP contribution in [-0.4, -0.2) is 26.1 Å². The van der Waals surface area contributed by atoms with E-state index >= 15 is 0 Å². The van der Waals surface area contributed by atoms with E-state index in [0.717, 1.165) is 52.5 Å². The van der Waals surface area contributed by atoms with Crippen LogP contribution in [0.25, 0.3) is 16.8 Å². The Morgan fingerprint density at radius 1 is 1.03 bits per heavy atom. The smallest absolute Gasteiger partial charge is 0.173 e. The van der Waals surface area contributed by atoms with Crippen molar-refractivity contribution in [1.82, 2.24) is 14.6 Å². The van der Waals surface area contributed by atoms with Crippen molar-refractivity contribution in [2.24, 2.45) is 0 Å². The minimum absolute atomic E-state index is 0.405. The lowest BCUT2D eigenvalue weighted by Crippen LogP contribution is -2.14. The second-order valence-corrected chi connectivity index (χ2v) is 8.87. The fraction of sp³-hybridized carbons (Fsp3) is 0.240. The van der Waals surface area contributed by atoms with Crippen LogP contribution >= 0.6 is 11.8 Å². The highest BCUT2D eigenvalue weighted by molar-refractivity contribution is 7.99. The molecule has 1 fully saturated rings. The van der Waals surface area contributed by atoms with Crippen LogP contribution in [0.2, 0.25) is 0 Å². The summed E-state index contributed by atoms with van der Waals surface area (Å²) >= 11 is 2.00. The number of nitrogens with zero attached hydrogens (tertiary/aromatic N) is 4. The molecule has 3 heterocycles. The lowest BCUT2D eigenvalue weighted by Gasteiger charge is -2.24. The van der Waals surface area contributed by atoms with E-state index in [1.165, 1.54) is 0 Å². The third-order valence-corrected chi connectivity index (χ3v) is 6.75. The van der Waals surface area contributed by atoms with Crippen LogP contribution in [0.4, 0.5) is 0 Å². The molecule has 0 atom stereocenters. The molecule has 1 saturated heterocycles. The summed E-state index contributed by atoms with van der Waals surface area (Å²) in [6, 6.07) is 20.5. The molecule has 0 N–H and O–H groups in total. The van der Waals surface area contributed by atoms with Gasteiger partial charge in [0.2, 0.25) is 0 Å². The normalized spacial score (nSPS) is 14.4. The van der Waals surface area contributed by atoms with Crippen molar-refractivity contribution in [3.05, 3.63) is 83.8 Å². The summed E-state index contributed by atoms with van der Waals surface area (Å²) in [6.45, 7) is 0.545. The summed E-state index contributed by atoms with van der Waals surface area (Å²) in [5.74, 6) is 3.53. The molecular weight excluding hydrogens is 404 g/mol. The second kappa shape index (κ2) is 8.83. The Hall–Kier alpha value is -3.30. The minimum Gasteiger partial charge on any atom is -0.489 e. The van der Waals surface area contributed by atoms with E-state index in [2.05, 4.69) is 40.4 Å². The maximum absolute atomic E-state index is 9.41. The number of hydrogen-bond acceptors (Lipinski definition) is 5. The third kappa shape index (κ3) is 4.01. The number of fused-ring (bicyclic) bond motifs is 1. The topological polar surface area (TPSA) is 63.2 Å². The lowest BCUT2D eigenvalue weighted by atomic mass is 9.92. The van der Waals surface area contributed by atoms with Crippen LogP contribution in [0.15, 0.2) is 67.0 Å². The van der Waals surface area contributed by atoms with E-state index in [4.69, 9.17) is 4.74 Å². The lowest BCUT2D eigenvalue weighted by molar-refractivity contribution is 0.306. The third-order valence-electron chi connectivity index (χ3n) is 5.71. The van der Waals surface area contributed by atoms with Gasteiger partial charge in [0.15, 0.2) is 5.65 Å². The van der Waals surface area contributed by atoms with Gasteiger partial charge in [-0.3, -0.25) is 0 Å². The van der Waals surface area contributed by atoms with Crippen molar-refractivity contribution in [2.75, 3.05) is 11.5 Å². The van der Waals surface area contributed by atoms with Crippen LogP contribution in [0.1, 0.15) is 35.6 Å². The summed E-state index contributed by atoms with van der Waals surface area (Å²) in [4.78, 5) is 4.58. The number of rotatable bonds is 5. The number of benzene rings is 2. The van der Waals surface area contributed by atoms with Crippen molar-refractivity contribution in [2.45, 2.75) is 25.4 Å². The standard InChI is InChI=1S/C25H22N4OS/c26-14-21-15-28-29-24(20-10-12-31-13-11-20)23(16-27-25(21)29)19-6-8-22(9-7-19)30-17-18-4-2-1-3-5-18/h1-9,15-16,20H,10-13,17H2. The van der Waals surface area contributed by atoms with Crippen LogP contribution in [-0.2, 0) is 6.61 Å². The van der Waals surface area contributed by atoms with Gasteiger partial charge in [0.1, 0.15) is 24.0 Å². The van der Waals surface area contributed by atoms with Crippen LogP contribution < -0.4 is 4.74 Å². The predicted molar refractivity (Wildman–Crippen MR) is 123 cm³/mol. The van der Waals surface area contributed by atoms with Gasteiger partial charge in [0, 0.05) is 17.7 Å². The molecule has 5 rings (SSSR count). The number of hydrogen-bond donors (Lipinski definition) is 0. The van der Waals surface area contributed by atoms with Crippen LogP contribution in [0.3, 0.4) is 0 Å². The molecule has 0 saturated carbocycles. The monoisotopic (exact) mass is 426 g/mol. The highest BCUT2D eigenvalue weighted by Gasteiger charge is 2.24. The largest absolute Gasteiger partial charge is 0.489 e. The molecule has 154 valence electrons. The van der Waals surface area contributed by atoms with Crippen molar-refractivity contribution < 1.29 is 4.74 Å². The van der Waals surface area contributed by atoms with E-state index < -0.39 is 0 Å². The highest BCUT2D eigenvalue weighted by atomic mass is 32.2. The second-order valence-electron chi connectivity index (χ2n) is 7.65. The average molecular weight is 427 g/mol. The van der Waals surface area contributed by atoms with Crippen molar-refractivity contribution in [3.8, 4) is 22.9 Å². The molecule has 1 aliphatic rings. The zero-order valence-electron chi connectivity index (χ0n) is 17.1. The quantitative estimate of drug-likeness (QED) is 0.424. The molecule has 0 radical (unpaired) electrons. The first-order chi connectivity index (χ1) is 15.3. The summed E-state index contributed by atoms with van der Waals surface area (Å²) in [5.41, 5.74) is 5.62. The van der Waals surface area contributed by atoms with Gasteiger partial charge < -0.3 is 4.74 Å². The Bertz CT molecular complexity index is 1220. The number of nitriles is 1. The molecule has 0 bridgehead atoms. The maximum atomic E-state index is 9.41. The molecule has 2 aromatic carbocycles. The van der Waals surface area contributed by atoms with Crippen molar-refractivity contribution in [1.29, 1.82) is 5.26 Å². The van der Waals surface area contributed by atoms with Crippen molar-refractivity contribution >= 4 is 17.4 Å². The molecule has 4 aromatic rings. The summed E-state index contributed by atoms with van der Waals surface area (Å²) in [7, 11) is 0. The van der Waals surface area contributed by atoms with Gasteiger partial charge in [-0.15, -0.1) is 0 Å². The Morgan fingerprint density at radius 3 is 2.55 bits per heavy atom. The summed E-state index contributed by atoms with van der Waals surface area (Å²) in [5, 5.41) is 13.9. The van der Waals surface area contributed by atoms with Gasteiger partial charge in [-0.25, -0.2) is 9.50 Å². The SMILES string of the molecule is N#Cc1cnn2c(C3CCSCC3)c(-c3ccc(OCc4ccccc4)cc3)cnc12. The van der Waals surface area contributed by atoms with E-state index in [1.807, 2.05) is 52.8 Å². The molecule has 0 aliphatic carbocycles. The molecule has 1 aliphatic heterocycles. The molecule has 0 amide bonds. The maximum Gasteiger partial charge on any atom is 0.173 e. The van der Waals surface area contributed by atoms with E-state index in [0.29, 0.717) is 23.7 Å². The van der Waals surface area contributed by atoms with Gasteiger partial charge in [-0.1, -0.05) is 42.5 Å². The molecule has 2 aromatic heterocycles. The molecule has 0 unspecified atom stereocenters. The minimum atomic E-state index is 0.405. The number of ether oxygens (including phenoxy) is 1. The first-order valence-electron chi connectivity index (χ1n) is 10.4. The zero-order valence-corrected chi connectivity index (χ0v) is 17.9. The average Bonchev–Trinajstić information content (AvgIpc) is 3.27. The van der Waals surface area contributed by atoms with E-state index in [9.17, 15) is 5.26 Å². The first kappa shape index (κ1) is 19.7. The fourth-order valence-corrected chi connectivity index (χ4v) is 5.19. The molecular formula is C25H22N4OS. The fourth-order valence-electron chi connectivity index (χ4n) is 4.09. The molecule has 6 heteroatoms. The van der Waals surface area contributed by atoms with E-state index in [1.54, 1.807) is 6.20 Å². The van der Waals surface area contributed by atoms with Crippen molar-refractivity contribution in [3.63, 3.8) is 0 Å². The summed E-state index contributed by atoms with van der Waals surface area (Å²) < 4.78 is 7.83. The molecule has 0 spiro atoms. The number of thioether (sulfide) groups is 1. The van der Waals surface area contributed by atoms with Gasteiger partial charge in [-0.2, -0.15) is 22.1 Å². The van der Waals surface area contributed by atoms with Gasteiger partial charge in [0.25, 0.3) is 0 Å². The Balaban J connectivity index is 1.48. The number of aromatic nitrogens is 3. The van der Waals surface area contributed by atoms with Gasteiger partial charge in [0.05, 0.1) is 11.9 Å². The Kier molecular flexibility index (Phi) is 5.59. The zero-order chi connectivity index (χ0) is 21.0. The van der Waals surface area contributed by atoms with Crippen LogP contribution in [0, 0.1) is 11.3 Å². The highest BCUT2D eigenvalue weighted by Crippen LogP contribution is 2.37.